The first-order chi connectivity index (χ1) is 16.1. The molecule has 0 fully saturated rings. The smallest absolute Gasteiger partial charge is 0.405 e. The second-order valence-corrected chi connectivity index (χ2v) is 14.9. The third kappa shape index (κ3) is 7.96. The number of carbonyl (C=O) groups excluding carboxylic acids is 1. The van der Waals surface area contributed by atoms with Gasteiger partial charge >= 0.3 is 6.09 Å². The lowest BCUT2D eigenvalue weighted by atomic mass is 10.0. The largest absolute Gasteiger partial charge is 0.465 e. The van der Waals surface area contributed by atoms with Crippen LogP contribution in [0.15, 0.2) is 49.8 Å². The summed E-state index contributed by atoms with van der Waals surface area (Å²) in [7, 11) is -1.24. The number of anilines is 1. The molecular formula is C24H35N5O4Si. The number of hydrogen-bond acceptors (Lipinski definition) is 5. The average molecular weight is 486 g/mol. The summed E-state index contributed by atoms with van der Waals surface area (Å²) in [4.78, 5) is 28.2. The summed E-state index contributed by atoms with van der Waals surface area (Å²) in [6, 6.07) is 4.04. The fraction of sp³-hybridized carbons (Fsp3) is 0.417. The van der Waals surface area contributed by atoms with E-state index in [-0.39, 0.29) is 18.6 Å². The number of nitrogens with zero attached hydrogens (tertiary/aromatic N) is 3. The molecule has 2 heterocycles. The quantitative estimate of drug-likeness (QED) is 0.211. The standard InChI is InChI=1S/C24H35N5O4Si/c1-7-9-19(28-24(31)32)20-14-18(10-11-25-20)22-21(27-23(30)17(3)8-2)15-26-29(22)16-33-12-13-34(4,5)6/h7-8,10-11,14-15,17,19,28H,1-2,9,12-13,16H2,3-6H3,(H,27,30)(H,31,32)/t17-,19+/m1/s1. The summed E-state index contributed by atoms with van der Waals surface area (Å²) in [5, 5.41) is 19.0. The van der Waals surface area contributed by atoms with Crippen molar-refractivity contribution in [3.8, 4) is 11.3 Å². The van der Waals surface area contributed by atoms with Crippen molar-refractivity contribution >= 4 is 25.8 Å². The van der Waals surface area contributed by atoms with Crippen LogP contribution in [0.25, 0.3) is 11.3 Å². The number of rotatable bonds is 13. The predicted molar refractivity (Wildman–Crippen MR) is 136 cm³/mol. The minimum absolute atomic E-state index is 0.207. The van der Waals surface area contributed by atoms with Crippen LogP contribution >= 0.6 is 0 Å². The van der Waals surface area contributed by atoms with Gasteiger partial charge in [-0.2, -0.15) is 5.10 Å². The minimum Gasteiger partial charge on any atom is -0.465 e. The van der Waals surface area contributed by atoms with E-state index < -0.39 is 20.2 Å². The number of nitrogens with one attached hydrogen (secondary N) is 2. The molecule has 2 rings (SSSR count). The highest BCUT2D eigenvalue weighted by molar-refractivity contribution is 6.76. The summed E-state index contributed by atoms with van der Waals surface area (Å²) >= 11 is 0. The molecule has 2 aromatic rings. The zero-order valence-electron chi connectivity index (χ0n) is 20.4. The van der Waals surface area contributed by atoms with E-state index in [0.717, 1.165) is 11.6 Å². The van der Waals surface area contributed by atoms with Crippen LogP contribution in [0, 0.1) is 5.92 Å². The zero-order chi connectivity index (χ0) is 25.3. The van der Waals surface area contributed by atoms with Crippen LogP contribution in [0.1, 0.15) is 25.1 Å². The Morgan fingerprint density at radius 3 is 2.68 bits per heavy atom. The van der Waals surface area contributed by atoms with Gasteiger partial charge in [-0.25, -0.2) is 9.48 Å². The molecule has 10 heteroatoms. The van der Waals surface area contributed by atoms with Gasteiger partial charge in [0.05, 0.1) is 35.2 Å². The minimum atomic E-state index is -1.24. The number of aromatic nitrogens is 3. The number of pyridine rings is 1. The van der Waals surface area contributed by atoms with Crippen LogP contribution in [0.2, 0.25) is 25.7 Å². The molecule has 2 amide bonds. The van der Waals surface area contributed by atoms with E-state index in [1.807, 2.05) is 0 Å². The van der Waals surface area contributed by atoms with Gasteiger partial charge in [0.1, 0.15) is 6.73 Å². The van der Waals surface area contributed by atoms with Crippen molar-refractivity contribution in [3.05, 3.63) is 55.5 Å². The van der Waals surface area contributed by atoms with Gasteiger partial charge < -0.3 is 20.5 Å². The van der Waals surface area contributed by atoms with Crippen LogP contribution in [-0.4, -0.2) is 46.6 Å². The topological polar surface area (TPSA) is 118 Å². The number of amides is 2. The number of hydrogen-bond donors (Lipinski definition) is 3. The van der Waals surface area contributed by atoms with Gasteiger partial charge in [-0.05, 0) is 24.6 Å². The molecule has 9 nitrogen and oxygen atoms in total. The molecular weight excluding hydrogens is 450 g/mol. The van der Waals surface area contributed by atoms with Gasteiger partial charge in [-0.3, -0.25) is 9.78 Å². The first-order valence-electron chi connectivity index (χ1n) is 11.2. The molecule has 184 valence electrons. The summed E-state index contributed by atoms with van der Waals surface area (Å²) in [6.07, 6.45) is 5.62. The maximum absolute atomic E-state index is 12.5. The molecule has 0 unspecified atom stereocenters. The molecule has 0 spiro atoms. The number of carboxylic acid groups (broad SMARTS) is 1. The Bertz CT molecular complexity index is 1020. The molecule has 0 radical (unpaired) electrons. The Labute approximate surface area is 201 Å². The Morgan fingerprint density at radius 1 is 1.32 bits per heavy atom. The normalized spacial score (nSPS) is 13.1. The third-order valence-corrected chi connectivity index (χ3v) is 6.89. The molecule has 0 aromatic carbocycles. The molecule has 0 aliphatic carbocycles. The van der Waals surface area contributed by atoms with Crippen molar-refractivity contribution < 1.29 is 19.4 Å². The van der Waals surface area contributed by atoms with E-state index in [9.17, 15) is 14.7 Å². The van der Waals surface area contributed by atoms with Crippen molar-refractivity contribution in [2.45, 2.75) is 51.8 Å². The van der Waals surface area contributed by atoms with Crippen LogP contribution in [0.5, 0.6) is 0 Å². The van der Waals surface area contributed by atoms with Crippen LogP contribution in [-0.2, 0) is 16.3 Å². The average Bonchev–Trinajstić information content (AvgIpc) is 3.17. The molecule has 0 aliphatic rings. The Kier molecular flexibility index (Phi) is 9.76. The van der Waals surface area contributed by atoms with Crippen LogP contribution in [0.3, 0.4) is 0 Å². The molecule has 34 heavy (non-hydrogen) atoms. The SMILES string of the molecule is C=CC[C@H](NC(=O)O)c1cc(-c2c(NC(=O)[C@H](C)C=C)cnn2COCC[Si](C)(C)C)ccn1. The molecule has 0 bridgehead atoms. The fourth-order valence-corrected chi connectivity index (χ4v) is 3.87. The summed E-state index contributed by atoms with van der Waals surface area (Å²) in [5.41, 5.74) is 2.42. The first kappa shape index (κ1) is 27.0. The molecule has 0 saturated carbocycles. The monoisotopic (exact) mass is 485 g/mol. The first-order valence-corrected chi connectivity index (χ1v) is 14.9. The summed E-state index contributed by atoms with van der Waals surface area (Å²) in [5.74, 6) is -0.587. The van der Waals surface area contributed by atoms with E-state index in [2.05, 4.69) is 53.5 Å². The lowest BCUT2D eigenvalue weighted by molar-refractivity contribution is -0.118. The maximum atomic E-state index is 12.5. The second-order valence-electron chi connectivity index (χ2n) is 9.26. The lowest BCUT2D eigenvalue weighted by Gasteiger charge is -2.18. The van der Waals surface area contributed by atoms with Crippen molar-refractivity contribution in [2.24, 2.45) is 5.92 Å². The van der Waals surface area contributed by atoms with Crippen LogP contribution in [0.4, 0.5) is 10.5 Å². The van der Waals surface area contributed by atoms with Crippen molar-refractivity contribution in [1.29, 1.82) is 0 Å². The second kappa shape index (κ2) is 12.3. The van der Waals surface area contributed by atoms with E-state index in [4.69, 9.17) is 4.74 Å². The number of carbonyl (C=O) groups is 2. The highest BCUT2D eigenvalue weighted by atomic mass is 28.3. The molecule has 2 atom stereocenters. The van der Waals surface area contributed by atoms with Gasteiger partial charge in [-0.1, -0.05) is 38.7 Å². The molecule has 0 saturated heterocycles. The lowest BCUT2D eigenvalue weighted by Crippen LogP contribution is -2.27. The van der Waals surface area contributed by atoms with Gasteiger partial charge in [0.25, 0.3) is 0 Å². The van der Waals surface area contributed by atoms with Gasteiger partial charge in [0.15, 0.2) is 0 Å². The third-order valence-electron chi connectivity index (χ3n) is 5.19. The molecule has 2 aromatic heterocycles. The van der Waals surface area contributed by atoms with Crippen LogP contribution < -0.4 is 10.6 Å². The maximum Gasteiger partial charge on any atom is 0.405 e. The highest BCUT2D eigenvalue weighted by Gasteiger charge is 2.21. The summed E-state index contributed by atoms with van der Waals surface area (Å²) in [6.45, 7) is 16.8. The van der Waals surface area contributed by atoms with Gasteiger partial charge in [0, 0.05) is 26.4 Å². The Morgan fingerprint density at radius 2 is 2.06 bits per heavy atom. The van der Waals surface area contributed by atoms with E-state index in [1.54, 1.807) is 48.3 Å². The molecule has 0 aliphatic heterocycles. The number of ether oxygens (including phenoxy) is 1. The van der Waals surface area contributed by atoms with Gasteiger partial charge in [0.2, 0.25) is 5.91 Å². The van der Waals surface area contributed by atoms with Crippen molar-refractivity contribution in [3.63, 3.8) is 0 Å². The van der Waals surface area contributed by atoms with E-state index in [1.165, 1.54) is 0 Å². The van der Waals surface area contributed by atoms with E-state index in [0.29, 0.717) is 30.1 Å². The predicted octanol–water partition coefficient (Wildman–Crippen LogP) is 4.90. The van der Waals surface area contributed by atoms with Crippen molar-refractivity contribution in [2.75, 3.05) is 11.9 Å². The summed E-state index contributed by atoms with van der Waals surface area (Å²) < 4.78 is 7.59. The molecule has 3 N–H and O–H groups in total. The van der Waals surface area contributed by atoms with E-state index >= 15 is 0 Å². The van der Waals surface area contributed by atoms with Gasteiger partial charge in [-0.15, -0.1) is 13.2 Å². The fourth-order valence-electron chi connectivity index (χ4n) is 3.12. The Hall–Kier alpha value is -3.24. The Balaban J connectivity index is 2.42. The van der Waals surface area contributed by atoms with Crippen molar-refractivity contribution in [1.82, 2.24) is 20.1 Å². The zero-order valence-corrected chi connectivity index (χ0v) is 21.4. The highest BCUT2D eigenvalue weighted by Crippen LogP contribution is 2.30.